The molecular formula is C24H31N3O4S. The Kier molecular flexibility index (Phi) is 8.04. The maximum absolute atomic E-state index is 13.0. The van der Waals surface area contributed by atoms with Gasteiger partial charge in [0.2, 0.25) is 15.9 Å². The van der Waals surface area contributed by atoms with Gasteiger partial charge in [-0.1, -0.05) is 43.2 Å². The number of carbonyl (C=O) groups excluding carboxylic acids is 2. The van der Waals surface area contributed by atoms with Gasteiger partial charge in [-0.3, -0.25) is 9.59 Å². The summed E-state index contributed by atoms with van der Waals surface area (Å²) in [7, 11) is -3.66. The molecule has 32 heavy (non-hydrogen) atoms. The molecule has 172 valence electrons. The molecule has 1 aliphatic heterocycles. The first-order valence-corrected chi connectivity index (χ1v) is 12.5. The smallest absolute Gasteiger partial charge is 0.253 e. The van der Waals surface area contributed by atoms with Crippen molar-refractivity contribution in [1.82, 2.24) is 9.62 Å². The summed E-state index contributed by atoms with van der Waals surface area (Å²) in [6, 6.07) is 13.6. The summed E-state index contributed by atoms with van der Waals surface area (Å²) >= 11 is 0. The lowest BCUT2D eigenvalue weighted by atomic mass is 9.98. The Hall–Kier alpha value is -2.71. The Balaban J connectivity index is 1.70. The van der Waals surface area contributed by atoms with Crippen LogP contribution in [-0.4, -0.2) is 44.2 Å². The highest BCUT2D eigenvalue weighted by molar-refractivity contribution is 7.89. The van der Waals surface area contributed by atoms with Crippen molar-refractivity contribution in [2.75, 3.05) is 25.0 Å². The van der Waals surface area contributed by atoms with E-state index in [1.165, 1.54) is 4.31 Å². The second kappa shape index (κ2) is 10.7. The lowest BCUT2D eigenvalue weighted by Crippen LogP contribution is -2.43. The van der Waals surface area contributed by atoms with Crippen LogP contribution in [0.5, 0.6) is 0 Å². The number of amides is 2. The molecule has 1 fully saturated rings. The predicted molar refractivity (Wildman–Crippen MR) is 125 cm³/mol. The minimum absolute atomic E-state index is 0.118. The van der Waals surface area contributed by atoms with E-state index < -0.39 is 15.9 Å². The number of hydrogen-bond acceptors (Lipinski definition) is 4. The van der Waals surface area contributed by atoms with E-state index in [4.69, 9.17) is 0 Å². The molecule has 1 aliphatic rings. The SMILES string of the molecule is CCCCNC(=O)c1ccccc1NC(=O)C1CCCN(S(=O)(=O)c2ccc(C)cc2)C1. The highest BCUT2D eigenvalue weighted by atomic mass is 32.2. The van der Waals surface area contributed by atoms with Crippen LogP contribution in [-0.2, 0) is 14.8 Å². The summed E-state index contributed by atoms with van der Waals surface area (Å²) < 4.78 is 27.5. The number of anilines is 1. The monoisotopic (exact) mass is 457 g/mol. The van der Waals surface area contributed by atoms with Crippen molar-refractivity contribution in [3.8, 4) is 0 Å². The number of nitrogens with one attached hydrogen (secondary N) is 2. The molecule has 0 aromatic heterocycles. The van der Waals surface area contributed by atoms with Gasteiger partial charge in [-0.15, -0.1) is 0 Å². The quantitative estimate of drug-likeness (QED) is 0.593. The van der Waals surface area contributed by atoms with Crippen molar-refractivity contribution in [2.45, 2.75) is 44.4 Å². The van der Waals surface area contributed by atoms with E-state index in [0.29, 0.717) is 37.2 Å². The van der Waals surface area contributed by atoms with Gasteiger partial charge in [-0.05, 0) is 50.5 Å². The van der Waals surface area contributed by atoms with Gasteiger partial charge >= 0.3 is 0 Å². The molecule has 3 rings (SSSR count). The van der Waals surface area contributed by atoms with Crippen molar-refractivity contribution < 1.29 is 18.0 Å². The second-order valence-electron chi connectivity index (χ2n) is 8.16. The molecule has 1 unspecified atom stereocenters. The summed E-state index contributed by atoms with van der Waals surface area (Å²) in [5, 5.41) is 5.71. The minimum atomic E-state index is -3.66. The van der Waals surface area contributed by atoms with Crippen molar-refractivity contribution in [2.24, 2.45) is 5.92 Å². The largest absolute Gasteiger partial charge is 0.352 e. The van der Waals surface area contributed by atoms with Crippen LogP contribution in [0.15, 0.2) is 53.4 Å². The molecule has 2 aromatic carbocycles. The highest BCUT2D eigenvalue weighted by Gasteiger charge is 2.33. The third-order valence-electron chi connectivity index (χ3n) is 5.66. The fourth-order valence-corrected chi connectivity index (χ4v) is 5.26. The van der Waals surface area contributed by atoms with Gasteiger partial charge in [0.25, 0.3) is 5.91 Å². The van der Waals surface area contributed by atoms with Crippen LogP contribution < -0.4 is 10.6 Å². The predicted octanol–water partition coefficient (Wildman–Crippen LogP) is 3.56. The number of hydrogen-bond donors (Lipinski definition) is 2. The summed E-state index contributed by atoms with van der Waals surface area (Å²) in [6.07, 6.45) is 3.05. The third kappa shape index (κ3) is 5.75. The Morgan fingerprint density at radius 1 is 1.09 bits per heavy atom. The number of benzene rings is 2. The van der Waals surface area contributed by atoms with Crippen molar-refractivity contribution in [3.63, 3.8) is 0 Å². The molecular weight excluding hydrogens is 426 g/mol. The zero-order valence-corrected chi connectivity index (χ0v) is 19.5. The van der Waals surface area contributed by atoms with Crippen molar-refractivity contribution >= 4 is 27.5 Å². The van der Waals surface area contributed by atoms with Gasteiger partial charge in [0.1, 0.15) is 0 Å². The molecule has 0 aliphatic carbocycles. The van der Waals surface area contributed by atoms with Crippen LogP contribution in [0.1, 0.15) is 48.5 Å². The first kappa shape index (κ1) is 23.9. The van der Waals surface area contributed by atoms with Crippen LogP contribution in [0.2, 0.25) is 0 Å². The van der Waals surface area contributed by atoms with E-state index in [0.717, 1.165) is 18.4 Å². The second-order valence-corrected chi connectivity index (χ2v) is 10.1. The molecule has 7 nitrogen and oxygen atoms in total. The number of sulfonamides is 1. The summed E-state index contributed by atoms with van der Waals surface area (Å²) in [4.78, 5) is 25.7. The highest BCUT2D eigenvalue weighted by Crippen LogP contribution is 2.25. The number of aryl methyl sites for hydroxylation is 1. The van der Waals surface area contributed by atoms with Gasteiger partial charge in [0.15, 0.2) is 0 Å². The van der Waals surface area contributed by atoms with Crippen LogP contribution in [0.4, 0.5) is 5.69 Å². The number of rotatable bonds is 8. The first-order valence-electron chi connectivity index (χ1n) is 11.1. The topological polar surface area (TPSA) is 95.6 Å². The molecule has 1 atom stereocenters. The van der Waals surface area contributed by atoms with Crippen LogP contribution in [0.25, 0.3) is 0 Å². The molecule has 1 heterocycles. The minimum Gasteiger partial charge on any atom is -0.352 e. The maximum atomic E-state index is 13.0. The van der Waals surface area contributed by atoms with Gasteiger partial charge in [0.05, 0.1) is 22.1 Å². The fourth-order valence-electron chi connectivity index (χ4n) is 3.73. The van der Waals surface area contributed by atoms with Gasteiger partial charge in [-0.2, -0.15) is 4.31 Å². The average Bonchev–Trinajstić information content (AvgIpc) is 2.80. The van der Waals surface area contributed by atoms with Crippen molar-refractivity contribution in [1.29, 1.82) is 0 Å². The van der Waals surface area contributed by atoms with Crippen LogP contribution >= 0.6 is 0 Å². The van der Waals surface area contributed by atoms with E-state index in [9.17, 15) is 18.0 Å². The lowest BCUT2D eigenvalue weighted by molar-refractivity contribution is -0.120. The summed E-state index contributed by atoms with van der Waals surface area (Å²) in [5.74, 6) is -0.996. The molecule has 2 N–H and O–H groups in total. The number of carbonyl (C=O) groups is 2. The Labute approximate surface area is 190 Å². The lowest BCUT2D eigenvalue weighted by Gasteiger charge is -2.31. The Morgan fingerprint density at radius 2 is 1.81 bits per heavy atom. The maximum Gasteiger partial charge on any atom is 0.253 e. The van der Waals surface area contributed by atoms with E-state index in [1.54, 1.807) is 48.5 Å². The molecule has 2 amide bonds. The Bertz CT molecular complexity index is 1050. The van der Waals surface area contributed by atoms with E-state index >= 15 is 0 Å². The molecule has 2 aromatic rings. The normalized spacial score (nSPS) is 17.0. The fraction of sp³-hybridized carbons (Fsp3) is 0.417. The standard InChI is InChI=1S/C24H31N3O4S/c1-3-4-15-25-24(29)21-9-5-6-10-22(21)26-23(28)19-8-7-16-27(17-19)32(30,31)20-13-11-18(2)12-14-20/h5-6,9-14,19H,3-4,7-8,15-17H2,1-2H3,(H,25,29)(H,26,28). The zero-order chi connectivity index (χ0) is 23.1. The average molecular weight is 458 g/mol. The summed E-state index contributed by atoms with van der Waals surface area (Å²) in [5.41, 5.74) is 1.82. The Morgan fingerprint density at radius 3 is 2.53 bits per heavy atom. The number of piperidine rings is 1. The summed E-state index contributed by atoms with van der Waals surface area (Å²) in [6.45, 7) is 5.03. The first-order chi connectivity index (χ1) is 15.3. The van der Waals surface area contributed by atoms with Crippen molar-refractivity contribution in [3.05, 3.63) is 59.7 Å². The van der Waals surface area contributed by atoms with Crippen LogP contribution in [0, 0.1) is 12.8 Å². The van der Waals surface area contributed by atoms with Crippen LogP contribution in [0.3, 0.4) is 0 Å². The number of unbranched alkanes of at least 4 members (excludes halogenated alkanes) is 1. The molecule has 1 saturated heterocycles. The molecule has 0 bridgehead atoms. The third-order valence-corrected chi connectivity index (χ3v) is 7.54. The zero-order valence-electron chi connectivity index (χ0n) is 18.6. The number of nitrogens with zero attached hydrogens (tertiary/aromatic N) is 1. The van der Waals surface area contributed by atoms with Gasteiger partial charge in [-0.25, -0.2) is 8.42 Å². The van der Waals surface area contributed by atoms with Gasteiger partial charge in [0, 0.05) is 19.6 Å². The molecule has 0 spiro atoms. The van der Waals surface area contributed by atoms with E-state index in [2.05, 4.69) is 10.6 Å². The van der Waals surface area contributed by atoms with E-state index in [-0.39, 0.29) is 23.3 Å². The van der Waals surface area contributed by atoms with Gasteiger partial charge < -0.3 is 10.6 Å². The molecule has 8 heteroatoms. The molecule has 0 radical (unpaired) electrons. The van der Waals surface area contributed by atoms with E-state index in [1.807, 2.05) is 13.8 Å². The number of para-hydroxylation sites is 1. The molecule has 0 saturated carbocycles.